The van der Waals surface area contributed by atoms with Gasteiger partial charge < -0.3 is 4.98 Å². The van der Waals surface area contributed by atoms with E-state index in [1.54, 1.807) is 12.1 Å². The summed E-state index contributed by atoms with van der Waals surface area (Å²) in [6.07, 6.45) is 0. The van der Waals surface area contributed by atoms with E-state index in [1.165, 1.54) is 18.8 Å². The summed E-state index contributed by atoms with van der Waals surface area (Å²) in [5, 5.41) is 21.5. The van der Waals surface area contributed by atoms with Gasteiger partial charge in [0.25, 0.3) is 0 Å². The first-order chi connectivity index (χ1) is 15.6. The number of hydrogen-bond donors (Lipinski definition) is 3. The summed E-state index contributed by atoms with van der Waals surface area (Å²) in [4.78, 5) is 15.3. The third-order valence-electron chi connectivity index (χ3n) is 5.74. The molecule has 2 heterocycles. The van der Waals surface area contributed by atoms with Crippen LogP contribution in [0.1, 0.15) is 17.2 Å². The van der Waals surface area contributed by atoms with Crippen LogP contribution in [0.4, 0.5) is 5.69 Å². The molecule has 1 aromatic heterocycles. The molecule has 3 N–H and O–H groups in total. The Hall–Kier alpha value is -3.61. The number of H-pyrrole nitrogens is 1. The van der Waals surface area contributed by atoms with Gasteiger partial charge in [-0.25, -0.2) is 0 Å². The fourth-order valence-electron chi connectivity index (χ4n) is 4.17. The summed E-state index contributed by atoms with van der Waals surface area (Å²) < 4.78 is 2.03. The third-order valence-corrected chi connectivity index (χ3v) is 6.95. The Morgan fingerprint density at radius 1 is 0.719 bits per heavy atom. The van der Waals surface area contributed by atoms with Crippen LogP contribution in [0.5, 0.6) is 11.5 Å². The van der Waals surface area contributed by atoms with Gasteiger partial charge in [-0.1, -0.05) is 24.3 Å². The minimum absolute atomic E-state index is 0.0822. The summed E-state index contributed by atoms with van der Waals surface area (Å²) in [5.41, 5.74) is 4.39. The van der Waals surface area contributed by atoms with Crippen molar-refractivity contribution in [2.75, 3.05) is 3.61 Å². The number of nitrogens with zero attached hydrogens (tertiary/aromatic N) is 1. The Morgan fingerprint density at radius 3 is 1.91 bits per heavy atom. The van der Waals surface area contributed by atoms with Gasteiger partial charge in [-0.15, -0.1) is 0 Å². The molecule has 1 unspecified atom stereocenters. The predicted octanol–water partition coefficient (Wildman–Crippen LogP) is 4.77. The molecule has 154 valence electrons. The van der Waals surface area contributed by atoms with Crippen LogP contribution in [-0.2, 0) is 0 Å². The minimum atomic E-state index is -0.0822. The van der Waals surface area contributed by atoms with Crippen molar-refractivity contribution < 1.29 is 10.2 Å². The first-order valence-electron chi connectivity index (χ1n) is 10.2. The molecular weight excluding hydrogens is 458 g/mol. The third kappa shape index (κ3) is 3.34. The molecule has 0 fully saturated rings. The Bertz CT molecular complexity index is 1460. The van der Waals surface area contributed by atoms with E-state index in [4.69, 9.17) is 0 Å². The molecule has 4 aromatic carbocycles. The molecule has 1 atom stereocenters. The number of hydrogen-bond acceptors (Lipinski definition) is 4. The maximum absolute atomic E-state index is 12.1. The van der Waals surface area contributed by atoms with Crippen LogP contribution < -0.4 is 9.04 Å². The Morgan fingerprint density at radius 2 is 1.28 bits per heavy atom. The summed E-state index contributed by atoms with van der Waals surface area (Å²) in [6, 6.07) is 28.0. The van der Waals surface area contributed by atoms with Crippen molar-refractivity contribution in [3.8, 4) is 11.5 Å². The number of pyridine rings is 1. The number of anilines is 1. The summed E-state index contributed by atoms with van der Waals surface area (Å²) >= 11 is 1.41. The van der Waals surface area contributed by atoms with Gasteiger partial charge in [0.15, 0.2) is 5.43 Å². The molecule has 5 nitrogen and oxygen atoms in total. The Labute approximate surface area is 194 Å². The number of aromatic nitrogens is 1. The normalized spacial score (nSPS) is 14.4. The first-order valence-corrected chi connectivity index (χ1v) is 11.3. The summed E-state index contributed by atoms with van der Waals surface area (Å²) in [6.45, 7) is 0. The van der Waals surface area contributed by atoms with Gasteiger partial charge in [-0.3, -0.25) is 4.79 Å². The van der Waals surface area contributed by atoms with Crippen molar-refractivity contribution in [3.05, 3.63) is 112 Å². The van der Waals surface area contributed by atoms with Crippen molar-refractivity contribution in [2.24, 2.45) is 0 Å². The molecular formula is C26H19GaN2O3. The van der Waals surface area contributed by atoms with Crippen molar-refractivity contribution in [3.63, 3.8) is 0 Å². The molecule has 0 spiro atoms. The quantitative estimate of drug-likeness (QED) is 0.240. The van der Waals surface area contributed by atoms with Crippen LogP contribution >= 0.6 is 0 Å². The number of rotatable bonds is 1. The van der Waals surface area contributed by atoms with Gasteiger partial charge in [0, 0.05) is 21.8 Å². The number of phenolic OH excluding ortho intramolecular Hbond substituents is 2. The van der Waals surface area contributed by atoms with Crippen LogP contribution in [0.2, 0.25) is 0 Å². The van der Waals surface area contributed by atoms with E-state index in [0.29, 0.717) is 5.75 Å². The zero-order chi connectivity index (χ0) is 22.2. The molecule has 0 saturated carbocycles. The number of nitrogens with one attached hydrogen (secondary N) is 1. The van der Waals surface area contributed by atoms with E-state index >= 15 is 0 Å². The number of aromatic amines is 1. The van der Waals surface area contributed by atoms with E-state index in [2.05, 4.69) is 4.98 Å². The monoisotopic (exact) mass is 476 g/mol. The fourth-order valence-corrected chi connectivity index (χ4v) is 5.28. The van der Waals surface area contributed by atoms with Gasteiger partial charge in [0.1, 0.15) is 0 Å². The molecule has 0 saturated heterocycles. The van der Waals surface area contributed by atoms with E-state index in [1.807, 2.05) is 82.5 Å². The summed E-state index contributed by atoms with van der Waals surface area (Å²) in [5.74, 6) is 0.590. The van der Waals surface area contributed by atoms with Crippen molar-refractivity contribution in [2.45, 2.75) is 6.04 Å². The van der Waals surface area contributed by atoms with E-state index in [9.17, 15) is 15.0 Å². The zero-order valence-corrected chi connectivity index (χ0v) is 19.5. The molecule has 2 bridgehead atoms. The zero-order valence-electron chi connectivity index (χ0n) is 17.1. The number of aromatic hydroxyl groups is 2. The molecule has 32 heavy (non-hydrogen) atoms. The van der Waals surface area contributed by atoms with Gasteiger partial charge in [0.05, 0.1) is 0 Å². The van der Waals surface area contributed by atoms with Gasteiger partial charge in [0.2, 0.25) is 0 Å². The summed E-state index contributed by atoms with van der Waals surface area (Å²) in [7, 11) is 0. The standard InChI is InChI=1S/C13H10NO2.C13H9NO.Ga/c15-11-7-2-1-4-8(11)12-9-5-3-6-10(14-12)13(9)16;15-13-9-5-1-3-7-11(9)14-12-8-4-2-6-10(12)13;/h1-7,12,15-16H;1-8H,(H,14,15);/q-1;;+1. The number of phenols is 2. The second kappa shape index (κ2) is 8.14. The average Bonchev–Trinajstić information content (AvgIpc) is 2.94. The van der Waals surface area contributed by atoms with Crippen LogP contribution in [-0.4, -0.2) is 34.0 Å². The molecule has 1 aliphatic rings. The van der Waals surface area contributed by atoms with E-state index < -0.39 is 0 Å². The van der Waals surface area contributed by atoms with Gasteiger partial charge in [-0.2, -0.15) is 0 Å². The predicted molar refractivity (Wildman–Crippen MR) is 128 cm³/mol. The molecule has 5 aromatic rings. The average molecular weight is 477 g/mol. The second-order valence-electron chi connectivity index (χ2n) is 7.63. The van der Waals surface area contributed by atoms with Gasteiger partial charge in [-0.05, 0) is 24.3 Å². The molecule has 0 amide bonds. The van der Waals surface area contributed by atoms with Gasteiger partial charge >= 0.3 is 109 Å². The fraction of sp³-hybridized carbons (Fsp3) is 0.0385. The van der Waals surface area contributed by atoms with E-state index in [-0.39, 0.29) is 17.2 Å². The molecule has 2 radical (unpaired) electrons. The number of benzene rings is 4. The van der Waals surface area contributed by atoms with Crippen molar-refractivity contribution >= 4 is 46.3 Å². The molecule has 6 rings (SSSR count). The Balaban J connectivity index is 0.000000136. The molecule has 6 heteroatoms. The van der Waals surface area contributed by atoms with Crippen molar-refractivity contribution in [1.82, 2.24) is 4.98 Å². The SMILES string of the molecule is O=c1c2ccccc2[nH]c2ccccc12.Oc1ccccc1C1c2cccc(c2O)[N]1[Ga]. The van der Waals surface area contributed by atoms with Crippen LogP contribution in [0, 0.1) is 0 Å². The van der Waals surface area contributed by atoms with Crippen LogP contribution in [0.15, 0.2) is 95.8 Å². The molecule has 0 aliphatic carbocycles. The topological polar surface area (TPSA) is 76.6 Å². The number of para-hydroxylation sites is 4. The van der Waals surface area contributed by atoms with Crippen LogP contribution in [0.3, 0.4) is 0 Å². The van der Waals surface area contributed by atoms with Crippen molar-refractivity contribution in [1.29, 1.82) is 0 Å². The van der Waals surface area contributed by atoms with Crippen LogP contribution in [0.25, 0.3) is 21.8 Å². The van der Waals surface area contributed by atoms with E-state index in [0.717, 1.165) is 38.6 Å². The molecule has 1 aliphatic heterocycles. The maximum atomic E-state index is 12.1. The number of fused-ring (bicyclic) bond motifs is 4. The Kier molecular flexibility index (Phi) is 5.17. The first kappa shape index (κ1) is 20.3. The second-order valence-corrected chi connectivity index (χ2v) is 8.80.